The first kappa shape index (κ1) is 38.5. The number of carbonyl (C=O) groups excluding carboxylic acids is 1. The summed E-state index contributed by atoms with van der Waals surface area (Å²) in [5.41, 5.74) is 1.18. The fourth-order valence-corrected chi connectivity index (χ4v) is 6.21. The number of hydrogen-bond acceptors (Lipinski definition) is 11. The van der Waals surface area contributed by atoms with E-state index in [9.17, 15) is 23.3 Å². The number of fused-ring (bicyclic) bond motifs is 1. The van der Waals surface area contributed by atoms with Gasteiger partial charge in [-0.15, -0.1) is 0 Å². The maximum Gasteiger partial charge on any atom is 0.289 e. The molecule has 1 aromatic heterocycles. The van der Waals surface area contributed by atoms with Crippen molar-refractivity contribution in [2.75, 3.05) is 84.9 Å². The Hall–Kier alpha value is -4.35. The van der Waals surface area contributed by atoms with Gasteiger partial charge in [-0.25, -0.2) is 8.42 Å². The van der Waals surface area contributed by atoms with Gasteiger partial charge in [0.05, 0.1) is 63.7 Å². The summed E-state index contributed by atoms with van der Waals surface area (Å²) in [7, 11) is -2.69. The summed E-state index contributed by atoms with van der Waals surface area (Å²) in [6.07, 6.45) is 3.52. The van der Waals surface area contributed by atoms with E-state index in [4.69, 9.17) is 18.9 Å². The second-order valence-electron chi connectivity index (χ2n) is 11.1. The van der Waals surface area contributed by atoms with Crippen LogP contribution in [0.15, 0.2) is 96.2 Å². The predicted octanol–water partition coefficient (Wildman–Crippen LogP) is 3.84. The Labute approximate surface area is 291 Å². The van der Waals surface area contributed by atoms with Crippen LogP contribution in [0.25, 0.3) is 10.8 Å². The van der Waals surface area contributed by atoms with Crippen LogP contribution in [0.5, 0.6) is 0 Å². The third-order valence-corrected chi connectivity index (χ3v) is 9.52. The molecule has 0 aliphatic rings. The monoisotopic (exact) mass is 709 g/mol. The van der Waals surface area contributed by atoms with Gasteiger partial charge in [-0.05, 0) is 35.2 Å². The summed E-state index contributed by atoms with van der Waals surface area (Å²) >= 11 is 0. The number of rotatable bonds is 23. The molecular formula is C35H43N5O9S. The van der Waals surface area contributed by atoms with Gasteiger partial charge in [0.25, 0.3) is 5.69 Å². The lowest BCUT2D eigenvalue weighted by atomic mass is 9.98. The van der Waals surface area contributed by atoms with Gasteiger partial charge in [0.1, 0.15) is 0 Å². The number of nitro benzene ring substituents is 1. The molecule has 0 radical (unpaired) electrons. The Morgan fingerprint density at radius 1 is 0.840 bits per heavy atom. The molecule has 15 heteroatoms. The van der Waals surface area contributed by atoms with Crippen LogP contribution in [0.3, 0.4) is 0 Å². The molecule has 1 amide bonds. The lowest BCUT2D eigenvalue weighted by Crippen LogP contribution is -2.32. The molecule has 0 bridgehead atoms. The summed E-state index contributed by atoms with van der Waals surface area (Å²) in [5.74, 6) is -0.487. The number of anilines is 1. The van der Waals surface area contributed by atoms with Crippen LogP contribution in [-0.2, 0) is 33.8 Å². The van der Waals surface area contributed by atoms with Crippen LogP contribution >= 0.6 is 0 Å². The van der Waals surface area contributed by atoms with Crippen molar-refractivity contribution in [3.63, 3.8) is 0 Å². The minimum Gasteiger partial charge on any atom is -0.378 e. The zero-order valence-corrected chi connectivity index (χ0v) is 28.8. The Kier molecular flexibility index (Phi) is 15.7. The molecule has 4 rings (SSSR count). The lowest BCUT2D eigenvalue weighted by Gasteiger charge is -2.18. The molecule has 4 aromatic rings. The van der Waals surface area contributed by atoms with E-state index in [0.29, 0.717) is 52.7 Å². The van der Waals surface area contributed by atoms with Gasteiger partial charge in [0.2, 0.25) is 15.9 Å². The predicted molar refractivity (Wildman–Crippen MR) is 189 cm³/mol. The number of nitrogens with one attached hydrogen (secondary N) is 2. The number of benzene rings is 3. The first-order chi connectivity index (χ1) is 24.3. The normalized spacial score (nSPS) is 12.3. The number of nitro groups is 1. The van der Waals surface area contributed by atoms with Crippen molar-refractivity contribution < 1.29 is 37.1 Å². The fraction of sp³-hybridized carbons (Fsp3) is 0.371. The molecule has 0 aliphatic heterocycles. The van der Waals surface area contributed by atoms with E-state index in [1.807, 2.05) is 54.6 Å². The SMILES string of the molecule is CN(CCOCCOCCOCCOCCNC[C@@H](C(=O)Nc1ccc2cnccc2c1)c1ccccc1)S(=O)(=O)c1ccccc1[N+](=O)[O-]. The second-order valence-corrected chi connectivity index (χ2v) is 13.1. The van der Waals surface area contributed by atoms with Crippen LogP contribution in [0, 0.1) is 10.1 Å². The molecule has 1 atom stereocenters. The summed E-state index contributed by atoms with van der Waals surface area (Å²) in [5, 5.41) is 19.6. The van der Waals surface area contributed by atoms with Gasteiger partial charge in [-0.3, -0.25) is 19.9 Å². The summed E-state index contributed by atoms with van der Waals surface area (Å²) in [6, 6.07) is 22.6. The maximum atomic E-state index is 13.3. The summed E-state index contributed by atoms with van der Waals surface area (Å²) < 4.78 is 48.5. The van der Waals surface area contributed by atoms with Crippen molar-refractivity contribution >= 4 is 38.1 Å². The average molecular weight is 710 g/mol. The molecule has 2 N–H and O–H groups in total. The molecule has 14 nitrogen and oxygen atoms in total. The van der Waals surface area contributed by atoms with E-state index in [0.717, 1.165) is 32.4 Å². The molecule has 0 spiro atoms. The van der Waals surface area contributed by atoms with Crippen molar-refractivity contribution in [3.8, 4) is 0 Å². The number of ether oxygens (including phenoxy) is 4. The third kappa shape index (κ3) is 11.9. The molecular weight excluding hydrogens is 666 g/mol. The first-order valence-corrected chi connectivity index (χ1v) is 17.6. The minimum absolute atomic E-state index is 0.0282. The Balaban J connectivity index is 1.02. The van der Waals surface area contributed by atoms with Crippen LogP contribution in [0.1, 0.15) is 11.5 Å². The number of nitrogens with zero attached hydrogens (tertiary/aromatic N) is 3. The van der Waals surface area contributed by atoms with Gasteiger partial charge in [0, 0.05) is 56.2 Å². The number of likely N-dealkylation sites (N-methyl/N-ethyl adjacent to an activating group) is 1. The van der Waals surface area contributed by atoms with Gasteiger partial charge in [-0.1, -0.05) is 48.5 Å². The van der Waals surface area contributed by atoms with Gasteiger partial charge < -0.3 is 29.6 Å². The standard InChI is InChI=1S/C35H43N5O9S/c1-39(50(44,45)34-10-6-5-9-33(34)40(42)43)16-18-47-20-22-49-24-23-48-21-19-46-17-15-37-27-32(28-7-3-2-4-8-28)35(41)38-31-12-11-30-26-36-14-13-29(30)25-31/h2-14,25-26,32,37H,15-24,27H2,1H3,(H,38,41)/t32-/m1/s1. The molecule has 0 unspecified atom stereocenters. The fourth-order valence-electron chi connectivity index (χ4n) is 4.90. The van der Waals surface area contributed by atoms with Crippen molar-refractivity contribution in [2.24, 2.45) is 0 Å². The number of pyridine rings is 1. The Morgan fingerprint density at radius 3 is 2.18 bits per heavy atom. The van der Waals surface area contributed by atoms with E-state index in [1.165, 1.54) is 25.2 Å². The van der Waals surface area contributed by atoms with Crippen molar-refractivity contribution in [2.45, 2.75) is 10.8 Å². The average Bonchev–Trinajstić information content (AvgIpc) is 3.13. The van der Waals surface area contributed by atoms with Crippen LogP contribution in [-0.4, -0.2) is 108 Å². The number of hydrogen-bond donors (Lipinski definition) is 2. The zero-order chi connectivity index (χ0) is 35.6. The largest absolute Gasteiger partial charge is 0.378 e. The molecule has 268 valence electrons. The highest BCUT2D eigenvalue weighted by molar-refractivity contribution is 7.89. The molecule has 3 aromatic carbocycles. The summed E-state index contributed by atoms with van der Waals surface area (Å²) in [6.45, 7) is 3.70. The quantitative estimate of drug-likeness (QED) is 0.0652. The van der Waals surface area contributed by atoms with Gasteiger partial charge >= 0.3 is 0 Å². The molecule has 0 fully saturated rings. The molecule has 0 saturated heterocycles. The smallest absolute Gasteiger partial charge is 0.289 e. The third-order valence-electron chi connectivity index (χ3n) is 7.61. The number of amides is 1. The van der Waals surface area contributed by atoms with E-state index in [2.05, 4.69) is 15.6 Å². The van der Waals surface area contributed by atoms with Gasteiger partial charge in [-0.2, -0.15) is 4.31 Å². The number of sulfonamides is 1. The topological polar surface area (TPSA) is 171 Å². The minimum atomic E-state index is -4.03. The highest BCUT2D eigenvalue weighted by Crippen LogP contribution is 2.25. The lowest BCUT2D eigenvalue weighted by molar-refractivity contribution is -0.387. The van der Waals surface area contributed by atoms with Crippen LogP contribution in [0.2, 0.25) is 0 Å². The zero-order valence-electron chi connectivity index (χ0n) is 27.9. The Morgan fingerprint density at radius 2 is 1.48 bits per heavy atom. The molecule has 0 saturated carbocycles. The van der Waals surface area contributed by atoms with Crippen molar-refractivity contribution in [3.05, 3.63) is 107 Å². The number of carbonyl (C=O) groups is 1. The number of para-hydroxylation sites is 1. The van der Waals surface area contributed by atoms with Gasteiger partial charge in [0.15, 0.2) is 4.90 Å². The van der Waals surface area contributed by atoms with Crippen LogP contribution < -0.4 is 10.6 Å². The van der Waals surface area contributed by atoms with Crippen molar-refractivity contribution in [1.29, 1.82) is 0 Å². The highest BCUT2D eigenvalue weighted by atomic mass is 32.2. The highest BCUT2D eigenvalue weighted by Gasteiger charge is 2.28. The molecule has 1 heterocycles. The van der Waals surface area contributed by atoms with E-state index < -0.39 is 20.6 Å². The van der Waals surface area contributed by atoms with E-state index >= 15 is 0 Å². The van der Waals surface area contributed by atoms with Crippen LogP contribution in [0.4, 0.5) is 11.4 Å². The number of aromatic nitrogens is 1. The molecule has 50 heavy (non-hydrogen) atoms. The summed E-state index contributed by atoms with van der Waals surface area (Å²) in [4.78, 5) is 27.5. The first-order valence-electron chi connectivity index (χ1n) is 16.2. The van der Waals surface area contributed by atoms with E-state index in [1.54, 1.807) is 12.4 Å². The van der Waals surface area contributed by atoms with E-state index in [-0.39, 0.29) is 36.5 Å². The Bertz CT molecular complexity index is 1760. The second kappa shape index (κ2) is 20.4. The van der Waals surface area contributed by atoms with Crippen molar-refractivity contribution in [1.82, 2.24) is 14.6 Å². The maximum absolute atomic E-state index is 13.3. The molecule has 0 aliphatic carbocycles.